The van der Waals surface area contributed by atoms with Gasteiger partial charge in [0, 0.05) is 6.42 Å². The Hall–Kier alpha value is -1.39. The highest BCUT2D eigenvalue weighted by molar-refractivity contribution is 5.76. The maximum absolute atomic E-state index is 12.4. The van der Waals surface area contributed by atoms with Crippen LogP contribution in [0.4, 0.5) is 0 Å². The summed E-state index contributed by atoms with van der Waals surface area (Å²) in [6.07, 6.45) is 52.5. The topological polar surface area (TPSA) is 69.6 Å². The molecule has 4 heteroatoms. The molecule has 0 saturated carbocycles. The van der Waals surface area contributed by atoms with E-state index in [-0.39, 0.29) is 12.5 Å². The summed E-state index contributed by atoms with van der Waals surface area (Å²) in [6.45, 7) is 4.29. The fraction of sp³-hybridized carbons (Fsp3) is 0.841. The van der Waals surface area contributed by atoms with E-state index in [1.54, 1.807) is 6.08 Å². The first kappa shape index (κ1) is 46.6. The second-order valence-corrected chi connectivity index (χ2v) is 14.4. The quantitative estimate of drug-likeness (QED) is 0.0451. The van der Waals surface area contributed by atoms with Crippen molar-refractivity contribution in [3.63, 3.8) is 0 Å². The van der Waals surface area contributed by atoms with Crippen molar-refractivity contribution in [2.24, 2.45) is 0 Å². The highest BCUT2D eigenvalue weighted by atomic mass is 16.3. The number of amides is 1. The molecule has 3 N–H and O–H groups in total. The second-order valence-electron chi connectivity index (χ2n) is 14.4. The highest BCUT2D eigenvalue weighted by Crippen LogP contribution is 2.14. The van der Waals surface area contributed by atoms with E-state index in [4.69, 9.17) is 0 Å². The van der Waals surface area contributed by atoms with E-state index in [1.165, 1.54) is 167 Å². The van der Waals surface area contributed by atoms with Gasteiger partial charge in [-0.15, -0.1) is 0 Å². The van der Waals surface area contributed by atoms with Gasteiger partial charge in [-0.05, 0) is 57.8 Å². The van der Waals surface area contributed by atoms with Gasteiger partial charge in [-0.25, -0.2) is 0 Å². The van der Waals surface area contributed by atoms with Crippen LogP contribution in [0, 0.1) is 0 Å². The minimum Gasteiger partial charge on any atom is -0.394 e. The number of unbranched alkanes of at least 4 members (excludes halogenated alkanes) is 27. The Morgan fingerprint density at radius 1 is 0.479 bits per heavy atom. The smallest absolute Gasteiger partial charge is 0.220 e. The van der Waals surface area contributed by atoms with E-state index in [2.05, 4.69) is 43.5 Å². The van der Waals surface area contributed by atoms with Crippen molar-refractivity contribution in [1.82, 2.24) is 5.32 Å². The molecule has 0 radical (unpaired) electrons. The van der Waals surface area contributed by atoms with E-state index in [9.17, 15) is 15.0 Å². The number of nitrogens with one attached hydrogen (secondary N) is 1. The predicted octanol–water partition coefficient (Wildman–Crippen LogP) is 13.0. The second kappa shape index (κ2) is 40.0. The molecule has 1 amide bonds. The predicted molar refractivity (Wildman–Crippen MR) is 212 cm³/mol. The molecule has 0 rings (SSSR count). The van der Waals surface area contributed by atoms with Crippen LogP contribution in [0.5, 0.6) is 0 Å². The lowest BCUT2D eigenvalue weighted by Gasteiger charge is -2.19. The van der Waals surface area contributed by atoms with Crippen LogP contribution in [-0.2, 0) is 4.79 Å². The van der Waals surface area contributed by atoms with Crippen molar-refractivity contribution in [3.05, 3.63) is 36.5 Å². The van der Waals surface area contributed by atoms with Gasteiger partial charge in [0.2, 0.25) is 5.91 Å². The third kappa shape index (κ3) is 35.9. The summed E-state index contributed by atoms with van der Waals surface area (Å²) in [5, 5.41) is 22.9. The number of carbonyl (C=O) groups is 1. The van der Waals surface area contributed by atoms with Gasteiger partial charge < -0.3 is 15.5 Å². The average Bonchev–Trinajstić information content (AvgIpc) is 3.09. The van der Waals surface area contributed by atoms with Gasteiger partial charge in [-0.1, -0.05) is 192 Å². The van der Waals surface area contributed by atoms with Gasteiger partial charge in [0.1, 0.15) is 0 Å². The first-order valence-electron chi connectivity index (χ1n) is 21.2. The van der Waals surface area contributed by atoms with E-state index in [1.807, 2.05) is 6.08 Å². The molecule has 0 aromatic carbocycles. The van der Waals surface area contributed by atoms with Gasteiger partial charge in [-0.3, -0.25) is 4.79 Å². The molecule has 282 valence electrons. The van der Waals surface area contributed by atoms with Crippen LogP contribution >= 0.6 is 0 Å². The highest BCUT2D eigenvalue weighted by Gasteiger charge is 2.17. The van der Waals surface area contributed by atoms with Crippen molar-refractivity contribution >= 4 is 5.91 Å². The van der Waals surface area contributed by atoms with Crippen molar-refractivity contribution in [3.8, 4) is 0 Å². The van der Waals surface area contributed by atoms with Gasteiger partial charge in [0.15, 0.2) is 0 Å². The van der Waals surface area contributed by atoms with Crippen molar-refractivity contribution in [2.45, 2.75) is 231 Å². The van der Waals surface area contributed by atoms with Crippen molar-refractivity contribution in [2.75, 3.05) is 6.61 Å². The minimum absolute atomic E-state index is 0.0748. The summed E-state index contributed by atoms with van der Waals surface area (Å²) >= 11 is 0. The lowest BCUT2D eigenvalue weighted by atomic mass is 10.0. The van der Waals surface area contributed by atoms with Crippen molar-refractivity contribution < 1.29 is 15.0 Å². The fourth-order valence-electron chi connectivity index (χ4n) is 6.31. The summed E-state index contributed by atoms with van der Waals surface area (Å²) in [5.41, 5.74) is 0. The Kier molecular flexibility index (Phi) is 38.9. The van der Waals surface area contributed by atoms with Crippen LogP contribution in [0.1, 0.15) is 219 Å². The zero-order valence-electron chi connectivity index (χ0n) is 32.3. The van der Waals surface area contributed by atoms with Gasteiger partial charge in [0.05, 0.1) is 18.8 Å². The summed E-state index contributed by atoms with van der Waals surface area (Å²) < 4.78 is 0. The lowest BCUT2D eigenvalue weighted by molar-refractivity contribution is -0.123. The standard InChI is InChI=1S/C44H83NO3/c1-3-5-7-9-11-13-15-17-19-20-21-22-23-24-26-28-30-32-34-36-38-40-44(48)45-42(41-46)43(47)39-37-35-33-31-29-27-25-18-16-14-12-10-8-6-4-2/h17,19,29,31,37,39,42-43,46-47H,3-16,18,20-28,30,32-36,38,40-41H2,1-2H3,(H,45,48)/b19-17+,31-29+,39-37+/t42-,43+/m0/s1. The first-order chi connectivity index (χ1) is 23.7. The van der Waals surface area contributed by atoms with Crippen LogP contribution in [0.3, 0.4) is 0 Å². The van der Waals surface area contributed by atoms with E-state index >= 15 is 0 Å². The number of allylic oxidation sites excluding steroid dienone is 5. The third-order valence-corrected chi connectivity index (χ3v) is 9.60. The molecule has 0 aliphatic heterocycles. The average molecular weight is 674 g/mol. The van der Waals surface area contributed by atoms with Gasteiger partial charge >= 0.3 is 0 Å². The summed E-state index contributed by atoms with van der Waals surface area (Å²) in [6, 6.07) is -0.637. The van der Waals surface area contributed by atoms with Crippen LogP contribution in [-0.4, -0.2) is 34.9 Å². The van der Waals surface area contributed by atoms with E-state index < -0.39 is 12.1 Å². The number of rotatable bonds is 38. The molecule has 0 aromatic rings. The maximum atomic E-state index is 12.4. The Balaban J connectivity index is 3.59. The first-order valence-corrected chi connectivity index (χ1v) is 21.2. The molecule has 0 aromatic heterocycles. The molecular formula is C44H83NO3. The van der Waals surface area contributed by atoms with Crippen LogP contribution in [0.2, 0.25) is 0 Å². The monoisotopic (exact) mass is 674 g/mol. The molecule has 0 aliphatic carbocycles. The largest absolute Gasteiger partial charge is 0.394 e. The summed E-state index contributed by atoms with van der Waals surface area (Å²) in [4.78, 5) is 12.4. The molecule has 0 aliphatic rings. The van der Waals surface area contributed by atoms with Crippen molar-refractivity contribution in [1.29, 1.82) is 0 Å². The Labute approximate surface area is 300 Å². The zero-order valence-corrected chi connectivity index (χ0v) is 32.3. The molecule has 2 atom stereocenters. The minimum atomic E-state index is -0.860. The molecule has 0 spiro atoms. The molecule has 4 nitrogen and oxygen atoms in total. The third-order valence-electron chi connectivity index (χ3n) is 9.60. The van der Waals surface area contributed by atoms with E-state index in [0.29, 0.717) is 6.42 Å². The maximum Gasteiger partial charge on any atom is 0.220 e. The number of carbonyl (C=O) groups excluding carboxylic acids is 1. The van der Waals surface area contributed by atoms with Gasteiger partial charge in [-0.2, -0.15) is 0 Å². The van der Waals surface area contributed by atoms with Crippen LogP contribution in [0.25, 0.3) is 0 Å². The van der Waals surface area contributed by atoms with Crippen LogP contribution in [0.15, 0.2) is 36.5 Å². The molecule has 0 bridgehead atoms. The molecular weight excluding hydrogens is 590 g/mol. The normalized spacial score (nSPS) is 13.3. The number of aliphatic hydroxyl groups is 2. The van der Waals surface area contributed by atoms with E-state index in [0.717, 1.165) is 32.1 Å². The number of aliphatic hydroxyl groups excluding tert-OH is 2. The number of hydrogen-bond acceptors (Lipinski definition) is 3. The zero-order chi connectivity index (χ0) is 35.0. The molecule has 0 heterocycles. The Morgan fingerprint density at radius 3 is 1.21 bits per heavy atom. The van der Waals surface area contributed by atoms with Crippen LogP contribution < -0.4 is 5.32 Å². The molecule has 0 fully saturated rings. The number of hydrogen-bond donors (Lipinski definition) is 3. The summed E-state index contributed by atoms with van der Waals surface area (Å²) in [7, 11) is 0. The molecule has 48 heavy (non-hydrogen) atoms. The summed E-state index contributed by atoms with van der Waals surface area (Å²) in [5.74, 6) is -0.0748. The molecule has 0 unspecified atom stereocenters. The Bertz CT molecular complexity index is 731. The molecule has 0 saturated heterocycles. The fourth-order valence-corrected chi connectivity index (χ4v) is 6.31. The SMILES string of the molecule is CCCCCCCC/C=C/CCCCCCCCCCCCCC(=O)N[C@@H](CO)[C@H](O)/C=C/CC/C=C/CCCCCCCCCCC. The van der Waals surface area contributed by atoms with Gasteiger partial charge in [0.25, 0.3) is 0 Å². The Morgan fingerprint density at radius 2 is 0.812 bits per heavy atom. The lowest BCUT2D eigenvalue weighted by Crippen LogP contribution is -2.45.